The van der Waals surface area contributed by atoms with Crippen LogP contribution in [0.25, 0.3) is 5.69 Å². The predicted molar refractivity (Wildman–Crippen MR) is 171 cm³/mol. The van der Waals surface area contributed by atoms with E-state index in [1.165, 1.54) is 11.1 Å². The van der Waals surface area contributed by atoms with Gasteiger partial charge < -0.3 is 19.5 Å². The maximum atomic E-state index is 6.53. The van der Waals surface area contributed by atoms with Gasteiger partial charge in [-0.05, 0) is 118 Å². The van der Waals surface area contributed by atoms with E-state index in [1.54, 1.807) is 0 Å². The number of halogens is 1. The van der Waals surface area contributed by atoms with Crippen LogP contribution in [0.2, 0.25) is 5.02 Å². The van der Waals surface area contributed by atoms with Crippen LogP contribution in [-0.4, -0.2) is 14.7 Å². The van der Waals surface area contributed by atoms with Gasteiger partial charge >= 0.3 is 0 Å². The molecule has 2 aromatic heterocycles. The molecule has 3 heterocycles. The van der Waals surface area contributed by atoms with Gasteiger partial charge in [0.1, 0.15) is 11.5 Å². The maximum absolute atomic E-state index is 6.53. The van der Waals surface area contributed by atoms with Crippen molar-refractivity contribution < 1.29 is 4.74 Å². The molecular formula is C34H31ClN4OS. The lowest BCUT2D eigenvalue weighted by Gasteiger charge is -2.28. The number of pyridine rings is 1. The molecule has 0 spiro atoms. The zero-order chi connectivity index (χ0) is 28.7. The van der Waals surface area contributed by atoms with Crippen LogP contribution >= 0.6 is 23.8 Å². The van der Waals surface area contributed by atoms with Crippen LogP contribution in [0.5, 0.6) is 11.5 Å². The van der Waals surface area contributed by atoms with Gasteiger partial charge in [-0.25, -0.2) is 0 Å². The average Bonchev–Trinajstić information content (AvgIpc) is 3.47. The molecule has 5 aromatic rings. The Labute approximate surface area is 251 Å². The second-order valence-electron chi connectivity index (χ2n) is 10.5. The second-order valence-corrected chi connectivity index (χ2v) is 11.2. The van der Waals surface area contributed by atoms with Crippen LogP contribution in [0.1, 0.15) is 45.9 Å². The minimum Gasteiger partial charge on any atom is -0.457 e. The fourth-order valence-corrected chi connectivity index (χ4v) is 6.18. The van der Waals surface area contributed by atoms with Crippen molar-refractivity contribution in [3.63, 3.8) is 0 Å². The lowest BCUT2D eigenvalue weighted by molar-refractivity contribution is 0.482. The molecule has 7 heteroatoms. The van der Waals surface area contributed by atoms with Gasteiger partial charge in [0, 0.05) is 34.0 Å². The summed E-state index contributed by atoms with van der Waals surface area (Å²) in [4.78, 5) is 6.91. The van der Waals surface area contributed by atoms with E-state index in [4.69, 9.17) is 33.5 Å². The van der Waals surface area contributed by atoms with Crippen molar-refractivity contribution in [1.29, 1.82) is 0 Å². The Morgan fingerprint density at radius 2 is 1.56 bits per heavy atom. The molecule has 6 rings (SSSR count). The normalized spacial score (nSPS) is 16.6. The van der Waals surface area contributed by atoms with E-state index in [0.29, 0.717) is 5.11 Å². The molecule has 0 amide bonds. The number of hydrogen-bond donors (Lipinski definition) is 1. The minimum absolute atomic E-state index is 0.124. The largest absolute Gasteiger partial charge is 0.457 e. The van der Waals surface area contributed by atoms with Crippen molar-refractivity contribution in [2.24, 2.45) is 0 Å². The third-order valence-electron chi connectivity index (χ3n) is 7.74. The van der Waals surface area contributed by atoms with Gasteiger partial charge in [-0.1, -0.05) is 41.4 Å². The number of ether oxygens (including phenoxy) is 1. The number of hydrogen-bond acceptors (Lipinski definition) is 3. The fourth-order valence-electron chi connectivity index (χ4n) is 5.66. The first-order valence-electron chi connectivity index (χ1n) is 13.6. The van der Waals surface area contributed by atoms with Gasteiger partial charge in [0.25, 0.3) is 0 Å². The van der Waals surface area contributed by atoms with Crippen LogP contribution in [0, 0.1) is 27.7 Å². The summed E-state index contributed by atoms with van der Waals surface area (Å²) < 4.78 is 8.38. The molecule has 0 aliphatic carbocycles. The molecule has 2 atom stereocenters. The molecule has 41 heavy (non-hydrogen) atoms. The summed E-state index contributed by atoms with van der Waals surface area (Å²) in [5.41, 5.74) is 8.66. The fraction of sp³-hybridized carbons (Fsp3) is 0.176. The highest BCUT2D eigenvalue weighted by Crippen LogP contribution is 2.44. The Morgan fingerprint density at radius 3 is 2.24 bits per heavy atom. The summed E-state index contributed by atoms with van der Waals surface area (Å²) in [6.45, 7) is 8.42. The van der Waals surface area contributed by atoms with E-state index in [-0.39, 0.29) is 12.1 Å². The number of benzene rings is 3. The van der Waals surface area contributed by atoms with Gasteiger partial charge in [0.05, 0.1) is 17.8 Å². The number of nitrogens with one attached hydrogen (secondary N) is 1. The zero-order valence-corrected chi connectivity index (χ0v) is 25.0. The van der Waals surface area contributed by atoms with Crippen LogP contribution in [0.3, 0.4) is 0 Å². The maximum Gasteiger partial charge on any atom is 0.174 e. The second kappa shape index (κ2) is 11.0. The lowest BCUT2D eigenvalue weighted by Crippen LogP contribution is -2.29. The number of aromatic nitrogens is 2. The SMILES string of the molecule is Cc1ccc(Oc2ccc(N3C(=S)N[C@H](c4ccccn4)[C@H]3c3cc(C)n(-c4cccc(Cl)c4C)c3C)cc2)cc1. The topological polar surface area (TPSA) is 42.3 Å². The van der Waals surface area contributed by atoms with Crippen molar-refractivity contribution in [2.45, 2.75) is 39.8 Å². The smallest absolute Gasteiger partial charge is 0.174 e. The molecule has 1 saturated heterocycles. The Kier molecular flexibility index (Phi) is 7.28. The van der Waals surface area contributed by atoms with E-state index >= 15 is 0 Å². The zero-order valence-electron chi connectivity index (χ0n) is 23.4. The third kappa shape index (κ3) is 5.09. The quantitative estimate of drug-likeness (QED) is 0.204. The highest BCUT2D eigenvalue weighted by Gasteiger charge is 2.42. The van der Waals surface area contributed by atoms with Gasteiger partial charge in [-0.2, -0.15) is 0 Å². The summed E-state index contributed by atoms with van der Waals surface area (Å²) in [5, 5.41) is 4.98. The minimum atomic E-state index is -0.137. The van der Waals surface area contributed by atoms with Gasteiger partial charge in [0.2, 0.25) is 0 Å². The summed E-state index contributed by atoms with van der Waals surface area (Å²) >= 11 is 12.5. The van der Waals surface area contributed by atoms with Gasteiger partial charge in [-0.15, -0.1) is 0 Å². The highest BCUT2D eigenvalue weighted by molar-refractivity contribution is 7.80. The molecule has 1 N–H and O–H groups in total. The van der Waals surface area contributed by atoms with E-state index in [9.17, 15) is 0 Å². The third-order valence-corrected chi connectivity index (χ3v) is 8.46. The van der Waals surface area contributed by atoms with E-state index in [0.717, 1.165) is 50.5 Å². The van der Waals surface area contributed by atoms with Crippen molar-refractivity contribution in [2.75, 3.05) is 4.90 Å². The lowest BCUT2D eigenvalue weighted by atomic mass is 9.96. The number of anilines is 1. The van der Waals surface area contributed by atoms with Crippen LogP contribution in [0.15, 0.2) is 97.2 Å². The molecule has 0 saturated carbocycles. The van der Waals surface area contributed by atoms with Crippen molar-refractivity contribution in [3.8, 4) is 17.2 Å². The Balaban J connectivity index is 1.42. The average molecular weight is 579 g/mol. The molecule has 5 nitrogen and oxygen atoms in total. The number of nitrogens with zero attached hydrogens (tertiary/aromatic N) is 3. The molecule has 1 aliphatic rings. The first-order valence-corrected chi connectivity index (χ1v) is 14.4. The van der Waals surface area contributed by atoms with Gasteiger partial charge in [-0.3, -0.25) is 4.98 Å². The van der Waals surface area contributed by atoms with E-state index < -0.39 is 0 Å². The molecule has 0 unspecified atom stereocenters. The first-order chi connectivity index (χ1) is 19.8. The first kappa shape index (κ1) is 27.1. The number of thiocarbonyl (C=S) groups is 1. The summed E-state index contributed by atoms with van der Waals surface area (Å²) in [6, 6.07) is 30.2. The Morgan fingerprint density at radius 1 is 0.854 bits per heavy atom. The van der Waals surface area contributed by atoms with Gasteiger partial charge in [0.15, 0.2) is 5.11 Å². The van der Waals surface area contributed by atoms with Crippen molar-refractivity contribution in [3.05, 3.63) is 136 Å². The molecule has 1 fully saturated rings. The molecule has 0 bridgehead atoms. The molecule has 0 radical (unpaired) electrons. The van der Waals surface area contributed by atoms with E-state index in [1.807, 2.05) is 66.9 Å². The number of rotatable bonds is 6. The molecule has 1 aliphatic heterocycles. The molecular weight excluding hydrogens is 548 g/mol. The van der Waals surface area contributed by atoms with Crippen LogP contribution < -0.4 is 15.0 Å². The Hall–Kier alpha value is -4.13. The summed E-state index contributed by atoms with van der Waals surface area (Å²) in [6.07, 6.45) is 1.83. The molecule has 3 aromatic carbocycles. The molecule has 206 valence electrons. The monoisotopic (exact) mass is 578 g/mol. The summed E-state index contributed by atoms with van der Waals surface area (Å²) in [7, 11) is 0. The number of aryl methyl sites for hydroxylation is 2. The van der Waals surface area contributed by atoms with Crippen molar-refractivity contribution >= 4 is 34.6 Å². The summed E-state index contributed by atoms with van der Waals surface area (Å²) in [5.74, 6) is 1.57. The van der Waals surface area contributed by atoms with Crippen LogP contribution in [-0.2, 0) is 0 Å². The van der Waals surface area contributed by atoms with Crippen molar-refractivity contribution in [1.82, 2.24) is 14.9 Å². The highest BCUT2D eigenvalue weighted by atomic mass is 35.5. The van der Waals surface area contributed by atoms with E-state index in [2.05, 4.69) is 72.8 Å². The predicted octanol–water partition coefficient (Wildman–Crippen LogP) is 8.73. The standard InChI is InChI=1S/C34H31ClN4OS/c1-21-11-15-26(16-12-21)40-27-17-13-25(14-18-27)39-33(32(37-34(39)41)30-9-5-6-19-36-30)28-20-22(2)38(24(28)4)31-10-7-8-29(35)23(31)3/h5-20,32-33H,1-4H3,(H,37,41)/t32-,33-/m1/s1. The Bertz CT molecular complexity index is 1710. The van der Waals surface area contributed by atoms with Crippen LogP contribution in [0.4, 0.5) is 5.69 Å².